The number of carboxylic acid groups (broad SMARTS) is 1. The molecule has 0 bridgehead atoms. The maximum atomic E-state index is 13.1. The average molecular weight is 352 g/mol. The predicted molar refractivity (Wildman–Crippen MR) is 86.1 cm³/mol. The van der Waals surface area contributed by atoms with Gasteiger partial charge in [0, 0.05) is 33.6 Å². The average Bonchev–Trinajstić information content (AvgIpc) is 2.87. The Morgan fingerprint density at radius 3 is 2.60 bits per heavy atom. The molecule has 2 amide bonds. The van der Waals surface area contributed by atoms with Crippen LogP contribution >= 0.6 is 0 Å². The zero-order valence-electron chi connectivity index (χ0n) is 14.1. The van der Waals surface area contributed by atoms with Gasteiger partial charge in [-0.3, -0.25) is 9.59 Å². The number of hydrogen-bond acceptors (Lipinski definition) is 4. The second kappa shape index (κ2) is 8.06. The number of methoxy groups -OCH3 is 1. The molecule has 3 unspecified atom stereocenters. The van der Waals surface area contributed by atoms with Crippen molar-refractivity contribution < 1.29 is 28.6 Å². The lowest BCUT2D eigenvalue weighted by Crippen LogP contribution is -2.45. The molecule has 1 aromatic carbocycles. The van der Waals surface area contributed by atoms with Crippen LogP contribution in [0.15, 0.2) is 24.3 Å². The number of benzene rings is 1. The highest BCUT2D eigenvalue weighted by Gasteiger charge is 2.43. The van der Waals surface area contributed by atoms with Crippen molar-refractivity contribution in [2.24, 2.45) is 5.92 Å². The lowest BCUT2D eigenvalue weighted by atomic mass is 9.92. The van der Waals surface area contributed by atoms with Crippen molar-refractivity contribution in [1.29, 1.82) is 0 Å². The third kappa shape index (κ3) is 4.33. The van der Waals surface area contributed by atoms with E-state index in [0.29, 0.717) is 5.56 Å². The van der Waals surface area contributed by atoms with Gasteiger partial charge < -0.3 is 20.1 Å². The molecule has 25 heavy (non-hydrogen) atoms. The number of nitrogens with zero attached hydrogens (tertiary/aromatic N) is 1. The molecule has 1 saturated heterocycles. The molecule has 1 fully saturated rings. The summed E-state index contributed by atoms with van der Waals surface area (Å²) in [7, 11) is 3.01. The summed E-state index contributed by atoms with van der Waals surface area (Å²) in [4.78, 5) is 37.4. The lowest BCUT2D eigenvalue weighted by molar-refractivity contribution is -0.143. The summed E-state index contributed by atoms with van der Waals surface area (Å²) in [5.41, 5.74) is 0.624. The molecular formula is C17H21FN2O5. The Morgan fingerprint density at radius 1 is 1.40 bits per heavy atom. The van der Waals surface area contributed by atoms with E-state index in [1.165, 1.54) is 36.3 Å². The van der Waals surface area contributed by atoms with Crippen LogP contribution in [0, 0.1) is 11.7 Å². The molecule has 136 valence electrons. The molecule has 0 aliphatic carbocycles. The maximum absolute atomic E-state index is 13.1. The van der Waals surface area contributed by atoms with Gasteiger partial charge in [0.15, 0.2) is 0 Å². The van der Waals surface area contributed by atoms with E-state index < -0.39 is 35.7 Å². The van der Waals surface area contributed by atoms with Gasteiger partial charge in [-0.15, -0.1) is 0 Å². The molecule has 1 heterocycles. The Labute approximate surface area is 144 Å². The van der Waals surface area contributed by atoms with Gasteiger partial charge in [-0.1, -0.05) is 12.1 Å². The van der Waals surface area contributed by atoms with E-state index >= 15 is 0 Å². The fourth-order valence-electron chi connectivity index (χ4n) is 2.99. The molecule has 7 nitrogen and oxygen atoms in total. The van der Waals surface area contributed by atoms with Gasteiger partial charge >= 0.3 is 5.97 Å². The van der Waals surface area contributed by atoms with Gasteiger partial charge in [0.1, 0.15) is 11.9 Å². The summed E-state index contributed by atoms with van der Waals surface area (Å²) in [5, 5.41) is 11.7. The van der Waals surface area contributed by atoms with Crippen molar-refractivity contribution >= 4 is 17.8 Å². The Hall–Kier alpha value is -2.48. The van der Waals surface area contributed by atoms with Crippen LogP contribution in [0.1, 0.15) is 24.4 Å². The minimum atomic E-state index is -1.17. The quantitative estimate of drug-likeness (QED) is 0.762. The molecule has 0 aromatic heterocycles. The van der Waals surface area contributed by atoms with E-state index in [2.05, 4.69) is 5.32 Å². The molecule has 1 aromatic rings. The maximum Gasteiger partial charge on any atom is 0.326 e. The number of nitrogens with one attached hydrogen (secondary N) is 1. The first kappa shape index (κ1) is 18.9. The standard InChI is InChI=1S/C17H21FN2O5/c1-20-14(21)9-12(15(20)10-3-5-11(18)6-4-10)16(22)19-13(17(23)24)7-8-25-2/h3-6,12-13,15H,7-9H2,1-2H3,(H,19,22)(H,23,24). The molecule has 1 aliphatic rings. The van der Waals surface area contributed by atoms with Crippen molar-refractivity contribution in [2.45, 2.75) is 24.9 Å². The molecule has 2 N–H and O–H groups in total. The van der Waals surface area contributed by atoms with Crippen molar-refractivity contribution in [1.82, 2.24) is 10.2 Å². The van der Waals surface area contributed by atoms with Crippen LogP contribution in [0.5, 0.6) is 0 Å². The molecule has 0 saturated carbocycles. The molecule has 8 heteroatoms. The van der Waals surface area contributed by atoms with Crippen LogP contribution < -0.4 is 5.32 Å². The number of rotatable bonds is 7. The normalized spacial score (nSPS) is 21.2. The second-order valence-electron chi connectivity index (χ2n) is 5.99. The van der Waals surface area contributed by atoms with Crippen LogP contribution in [-0.2, 0) is 19.1 Å². The number of amides is 2. The van der Waals surface area contributed by atoms with Gasteiger partial charge in [-0.05, 0) is 17.7 Å². The highest BCUT2D eigenvalue weighted by atomic mass is 19.1. The molecule has 3 atom stereocenters. The topological polar surface area (TPSA) is 95.9 Å². The van der Waals surface area contributed by atoms with Gasteiger partial charge in [-0.2, -0.15) is 0 Å². The highest BCUT2D eigenvalue weighted by Crippen LogP contribution is 2.37. The summed E-state index contributed by atoms with van der Waals surface area (Å²) in [6, 6.07) is 3.91. The van der Waals surface area contributed by atoms with Crippen molar-refractivity contribution in [3.05, 3.63) is 35.6 Å². The first-order valence-corrected chi connectivity index (χ1v) is 7.88. The Balaban J connectivity index is 2.19. The number of carbonyl (C=O) groups excluding carboxylic acids is 2. The van der Waals surface area contributed by atoms with Crippen LogP contribution in [-0.4, -0.2) is 54.6 Å². The molecule has 0 spiro atoms. The largest absolute Gasteiger partial charge is 0.480 e. The van der Waals surface area contributed by atoms with Crippen molar-refractivity contribution in [3.63, 3.8) is 0 Å². The number of carbonyl (C=O) groups is 3. The fraction of sp³-hybridized carbons (Fsp3) is 0.471. The van der Waals surface area contributed by atoms with Crippen LogP contribution in [0.2, 0.25) is 0 Å². The number of hydrogen-bond donors (Lipinski definition) is 2. The first-order valence-electron chi connectivity index (χ1n) is 7.88. The van der Waals surface area contributed by atoms with Crippen LogP contribution in [0.3, 0.4) is 0 Å². The third-order valence-electron chi connectivity index (χ3n) is 4.36. The number of ether oxygens (including phenoxy) is 1. The summed E-state index contributed by atoms with van der Waals surface area (Å²) < 4.78 is 18.0. The summed E-state index contributed by atoms with van der Waals surface area (Å²) >= 11 is 0. The predicted octanol–water partition coefficient (Wildman–Crippen LogP) is 0.951. The number of aliphatic carboxylic acids is 1. The Morgan fingerprint density at radius 2 is 2.04 bits per heavy atom. The van der Waals surface area contributed by atoms with E-state index in [1.807, 2.05) is 0 Å². The van der Waals surface area contributed by atoms with Crippen molar-refractivity contribution in [2.75, 3.05) is 20.8 Å². The van der Waals surface area contributed by atoms with E-state index in [0.717, 1.165) is 0 Å². The van der Waals surface area contributed by atoms with Gasteiger partial charge in [0.05, 0.1) is 12.0 Å². The molecule has 2 rings (SSSR count). The van der Waals surface area contributed by atoms with E-state index in [1.54, 1.807) is 7.05 Å². The Bertz CT molecular complexity index is 649. The van der Waals surface area contributed by atoms with Gasteiger partial charge in [0.25, 0.3) is 0 Å². The minimum absolute atomic E-state index is 0.0268. The van der Waals surface area contributed by atoms with Crippen LogP contribution in [0.25, 0.3) is 0 Å². The highest BCUT2D eigenvalue weighted by molar-refractivity contribution is 5.92. The molecular weight excluding hydrogens is 331 g/mol. The Kier molecular flexibility index (Phi) is 6.08. The molecule has 0 radical (unpaired) electrons. The zero-order chi connectivity index (χ0) is 18.6. The number of carboxylic acids is 1. The van der Waals surface area contributed by atoms with Gasteiger partial charge in [-0.25, -0.2) is 9.18 Å². The summed E-state index contributed by atoms with van der Waals surface area (Å²) in [6.07, 6.45) is 0.0935. The lowest BCUT2D eigenvalue weighted by Gasteiger charge is -2.26. The monoisotopic (exact) mass is 352 g/mol. The second-order valence-corrected chi connectivity index (χ2v) is 5.99. The fourth-order valence-corrected chi connectivity index (χ4v) is 2.99. The number of halogens is 1. The third-order valence-corrected chi connectivity index (χ3v) is 4.36. The van der Waals surface area contributed by atoms with E-state index in [9.17, 15) is 23.9 Å². The van der Waals surface area contributed by atoms with Gasteiger partial charge in [0.2, 0.25) is 11.8 Å². The van der Waals surface area contributed by atoms with Crippen LogP contribution in [0.4, 0.5) is 4.39 Å². The zero-order valence-corrected chi connectivity index (χ0v) is 14.1. The summed E-state index contributed by atoms with van der Waals surface area (Å²) in [6.45, 7) is 0.183. The first-order chi connectivity index (χ1) is 11.8. The number of likely N-dealkylation sites (tertiary alicyclic amines) is 1. The van der Waals surface area contributed by atoms with Crippen molar-refractivity contribution in [3.8, 4) is 0 Å². The SMILES string of the molecule is COCCC(NC(=O)C1CC(=O)N(C)C1c1ccc(F)cc1)C(=O)O. The smallest absolute Gasteiger partial charge is 0.326 e. The summed E-state index contributed by atoms with van der Waals surface area (Å²) in [5.74, 6) is -3.07. The minimum Gasteiger partial charge on any atom is -0.480 e. The molecule has 1 aliphatic heterocycles. The van der Waals surface area contributed by atoms with E-state index in [4.69, 9.17) is 4.74 Å². The van der Waals surface area contributed by atoms with E-state index in [-0.39, 0.29) is 25.4 Å².